The van der Waals surface area contributed by atoms with Gasteiger partial charge in [-0.25, -0.2) is 9.97 Å². The van der Waals surface area contributed by atoms with E-state index in [1.54, 1.807) is 0 Å². The fraction of sp³-hybridized carbons (Fsp3) is 0.106. The molecule has 1 aliphatic heterocycles. The number of benzene rings is 6. The minimum atomic E-state index is -0.0197. The summed E-state index contributed by atoms with van der Waals surface area (Å²) in [5.74, 6) is 2.09. The van der Waals surface area contributed by atoms with Gasteiger partial charge in [0.2, 0.25) is 0 Å². The molecule has 2 atom stereocenters. The van der Waals surface area contributed by atoms with Crippen molar-refractivity contribution in [3.8, 4) is 56.5 Å². The van der Waals surface area contributed by atoms with Crippen molar-refractivity contribution in [2.45, 2.75) is 25.5 Å². The second kappa shape index (κ2) is 12.7. The monoisotopic (exact) mass is 672 g/mol. The van der Waals surface area contributed by atoms with Crippen LogP contribution in [0.15, 0.2) is 164 Å². The fourth-order valence-corrected chi connectivity index (χ4v) is 7.89. The van der Waals surface area contributed by atoms with Gasteiger partial charge in [-0.3, -0.25) is 0 Å². The van der Waals surface area contributed by atoms with E-state index in [-0.39, 0.29) is 6.23 Å². The van der Waals surface area contributed by atoms with Gasteiger partial charge in [-0.2, -0.15) is 0 Å². The number of ether oxygens (including phenoxy) is 1. The highest BCUT2D eigenvalue weighted by molar-refractivity contribution is 6.14. The number of nitrogens with zero attached hydrogens (tertiary/aromatic N) is 3. The number of nitrogens with one attached hydrogen (secondary N) is 1. The largest absolute Gasteiger partial charge is 0.468 e. The Morgan fingerprint density at radius 3 is 2.02 bits per heavy atom. The van der Waals surface area contributed by atoms with Crippen LogP contribution >= 0.6 is 0 Å². The lowest BCUT2D eigenvalue weighted by molar-refractivity contribution is 0.171. The Morgan fingerprint density at radius 1 is 0.577 bits per heavy atom. The molecule has 5 nitrogen and oxygen atoms in total. The number of anilines is 1. The van der Waals surface area contributed by atoms with Crippen molar-refractivity contribution in [1.82, 2.24) is 14.5 Å². The van der Waals surface area contributed by atoms with E-state index in [0.717, 1.165) is 80.9 Å². The highest BCUT2D eigenvalue weighted by Gasteiger charge is 2.32. The Bertz CT molecular complexity index is 2610. The van der Waals surface area contributed by atoms with Gasteiger partial charge >= 0.3 is 0 Å². The van der Waals surface area contributed by atoms with E-state index in [4.69, 9.17) is 14.7 Å². The van der Waals surface area contributed by atoms with Crippen LogP contribution in [0.5, 0.6) is 5.75 Å². The van der Waals surface area contributed by atoms with Crippen LogP contribution in [0.4, 0.5) is 5.69 Å². The molecular formula is C47H36N4O. The number of hydrogen-bond donors (Lipinski definition) is 1. The van der Waals surface area contributed by atoms with Crippen molar-refractivity contribution >= 4 is 27.5 Å². The molecule has 0 bridgehead atoms. The number of rotatable bonds is 6. The van der Waals surface area contributed by atoms with Crippen molar-refractivity contribution in [2.24, 2.45) is 5.92 Å². The zero-order valence-electron chi connectivity index (χ0n) is 28.6. The zero-order valence-corrected chi connectivity index (χ0v) is 28.6. The molecule has 3 heterocycles. The van der Waals surface area contributed by atoms with Gasteiger partial charge in [0.1, 0.15) is 0 Å². The minimum absolute atomic E-state index is 0.0197. The third kappa shape index (κ3) is 5.33. The second-order valence-electron chi connectivity index (χ2n) is 13.7. The van der Waals surface area contributed by atoms with Crippen LogP contribution in [0.3, 0.4) is 0 Å². The number of allylic oxidation sites excluding steroid dienone is 2. The first-order valence-electron chi connectivity index (χ1n) is 18.1. The van der Waals surface area contributed by atoms with Crippen LogP contribution < -0.4 is 10.1 Å². The molecule has 0 amide bonds. The lowest BCUT2D eigenvalue weighted by Crippen LogP contribution is -2.30. The van der Waals surface area contributed by atoms with Crippen molar-refractivity contribution in [3.05, 3.63) is 164 Å². The van der Waals surface area contributed by atoms with E-state index < -0.39 is 0 Å². The molecule has 52 heavy (non-hydrogen) atoms. The van der Waals surface area contributed by atoms with Crippen molar-refractivity contribution in [1.29, 1.82) is 0 Å². The Labute approximate surface area is 302 Å². The van der Waals surface area contributed by atoms with Gasteiger partial charge in [0.05, 0.1) is 33.5 Å². The maximum atomic E-state index is 6.77. The second-order valence-corrected chi connectivity index (χ2v) is 13.7. The van der Waals surface area contributed by atoms with E-state index in [9.17, 15) is 0 Å². The minimum Gasteiger partial charge on any atom is -0.468 e. The number of para-hydroxylation sites is 1. The zero-order chi connectivity index (χ0) is 34.4. The lowest BCUT2D eigenvalue weighted by Gasteiger charge is -2.24. The Balaban J connectivity index is 1.08. The predicted octanol–water partition coefficient (Wildman–Crippen LogP) is 11.7. The summed E-state index contributed by atoms with van der Waals surface area (Å²) in [5, 5.41) is 6.02. The number of fused-ring (bicyclic) bond motifs is 5. The predicted molar refractivity (Wildman–Crippen MR) is 213 cm³/mol. The Hall–Kier alpha value is -6.46. The average Bonchev–Trinajstić information content (AvgIpc) is 3.82. The molecule has 2 aromatic heterocycles. The quantitative estimate of drug-likeness (QED) is 0.179. The van der Waals surface area contributed by atoms with Gasteiger partial charge < -0.3 is 14.6 Å². The number of aromatic nitrogens is 3. The van der Waals surface area contributed by atoms with Crippen LogP contribution in [-0.4, -0.2) is 20.8 Å². The van der Waals surface area contributed by atoms with E-state index in [1.165, 1.54) is 16.5 Å². The molecule has 10 rings (SSSR count). The van der Waals surface area contributed by atoms with Crippen LogP contribution in [0.25, 0.3) is 72.5 Å². The number of hydrogen-bond acceptors (Lipinski definition) is 4. The molecule has 1 N–H and O–H groups in total. The lowest BCUT2D eigenvalue weighted by atomic mass is 9.93. The van der Waals surface area contributed by atoms with E-state index >= 15 is 0 Å². The summed E-state index contributed by atoms with van der Waals surface area (Å²) in [6.07, 6.45) is 7.83. The molecule has 1 aliphatic carbocycles. The molecule has 250 valence electrons. The van der Waals surface area contributed by atoms with Crippen LogP contribution in [0.2, 0.25) is 0 Å². The standard InChI is InChI=1S/C47H36N4O/c1-4-13-31(14-5-1)32-23-25-34(26-24-32)41-30-40(33-15-6-2-7-16-33)48-46(49-41)36-19-12-20-37(29-36)51-42-22-11-10-21-38(42)44-43(51)28-27-39-45(44)52-47(50-39)35-17-8-3-9-18-35/h1-8,10-16,19-30,35,47,50H,9,17-18H2. The Kier molecular flexibility index (Phi) is 7.42. The van der Waals surface area contributed by atoms with Crippen LogP contribution in [0, 0.1) is 5.92 Å². The van der Waals surface area contributed by atoms with Gasteiger partial charge in [-0.05, 0) is 66.8 Å². The first-order chi connectivity index (χ1) is 25.8. The van der Waals surface area contributed by atoms with Crippen molar-refractivity contribution in [2.75, 3.05) is 5.32 Å². The normalized spacial score (nSPS) is 16.5. The highest BCUT2D eigenvalue weighted by Crippen LogP contribution is 2.46. The summed E-state index contributed by atoms with van der Waals surface area (Å²) >= 11 is 0. The molecule has 0 saturated carbocycles. The SMILES string of the molecule is C1=CCC(C2Nc3ccc4c(c3O2)c2ccccc2n4-c2cccc(-c3nc(-c4ccccc4)cc(-c4ccc(-c5ccccc5)cc4)n3)c2)CC1. The van der Waals surface area contributed by atoms with Gasteiger partial charge in [0.25, 0.3) is 0 Å². The third-order valence-corrected chi connectivity index (χ3v) is 10.5. The summed E-state index contributed by atoms with van der Waals surface area (Å²) in [4.78, 5) is 10.4. The molecular weight excluding hydrogens is 637 g/mol. The first kappa shape index (κ1) is 30.4. The summed E-state index contributed by atoms with van der Waals surface area (Å²) in [7, 11) is 0. The van der Waals surface area contributed by atoms with Crippen molar-refractivity contribution < 1.29 is 4.74 Å². The van der Waals surface area contributed by atoms with Gasteiger partial charge in [0.15, 0.2) is 17.8 Å². The van der Waals surface area contributed by atoms with Gasteiger partial charge in [-0.15, -0.1) is 0 Å². The summed E-state index contributed by atoms with van der Waals surface area (Å²) < 4.78 is 9.12. The molecule has 0 saturated heterocycles. The highest BCUT2D eigenvalue weighted by atomic mass is 16.5. The van der Waals surface area contributed by atoms with Crippen molar-refractivity contribution in [3.63, 3.8) is 0 Å². The molecule has 6 aromatic carbocycles. The van der Waals surface area contributed by atoms with E-state index in [0.29, 0.717) is 11.7 Å². The molecule has 8 aromatic rings. The molecule has 2 aliphatic rings. The smallest absolute Gasteiger partial charge is 0.173 e. The Morgan fingerprint density at radius 2 is 1.25 bits per heavy atom. The first-order valence-corrected chi connectivity index (χ1v) is 18.1. The maximum Gasteiger partial charge on any atom is 0.173 e. The van der Waals surface area contributed by atoms with Gasteiger partial charge in [-0.1, -0.05) is 127 Å². The molecule has 0 fully saturated rings. The fourth-order valence-electron chi connectivity index (χ4n) is 7.89. The van der Waals surface area contributed by atoms with Crippen LogP contribution in [-0.2, 0) is 0 Å². The summed E-state index contributed by atoms with van der Waals surface area (Å²) in [5.41, 5.74) is 11.6. The maximum absolute atomic E-state index is 6.77. The third-order valence-electron chi connectivity index (χ3n) is 10.5. The van der Waals surface area contributed by atoms with E-state index in [2.05, 4.69) is 162 Å². The molecule has 5 heteroatoms. The van der Waals surface area contributed by atoms with Crippen LogP contribution in [0.1, 0.15) is 19.3 Å². The molecule has 0 spiro atoms. The molecule has 2 unspecified atom stereocenters. The average molecular weight is 673 g/mol. The summed E-state index contributed by atoms with van der Waals surface area (Å²) in [6, 6.07) is 53.2. The topological polar surface area (TPSA) is 52.0 Å². The molecule has 0 radical (unpaired) electrons. The van der Waals surface area contributed by atoms with Gasteiger partial charge in [0, 0.05) is 33.7 Å². The summed E-state index contributed by atoms with van der Waals surface area (Å²) in [6.45, 7) is 0. The van der Waals surface area contributed by atoms with E-state index in [1.807, 2.05) is 12.1 Å².